The summed E-state index contributed by atoms with van der Waals surface area (Å²) >= 11 is 0. The number of fused-ring (bicyclic) bond motifs is 2. The van der Waals surface area contributed by atoms with Gasteiger partial charge in [0.05, 0.1) is 0 Å². The highest BCUT2D eigenvalue weighted by Gasteiger charge is 2.48. The van der Waals surface area contributed by atoms with Crippen LogP contribution in [0.1, 0.15) is 31.0 Å². The van der Waals surface area contributed by atoms with Gasteiger partial charge in [0, 0.05) is 17.6 Å². The fourth-order valence-corrected chi connectivity index (χ4v) is 3.98. The smallest absolute Gasteiger partial charge is 0.142 e. The van der Waals surface area contributed by atoms with Crippen LogP contribution in [-0.4, -0.2) is 20.8 Å². The number of nitrogens with zero attached hydrogens (tertiary/aromatic N) is 3. The lowest BCUT2D eigenvalue weighted by molar-refractivity contribution is 0.351. The maximum Gasteiger partial charge on any atom is 0.142 e. The van der Waals surface area contributed by atoms with E-state index in [1.807, 2.05) is 24.5 Å². The Hall–Kier alpha value is -1.68. The lowest BCUT2D eigenvalue weighted by Crippen LogP contribution is -2.35. The highest BCUT2D eigenvalue weighted by Crippen LogP contribution is 2.51. The van der Waals surface area contributed by atoms with Crippen molar-refractivity contribution in [3.8, 4) is 5.69 Å². The lowest BCUT2D eigenvalue weighted by atomic mass is 9.84. The zero-order valence-electron chi connectivity index (χ0n) is 10.8. The minimum atomic E-state index is 0.255. The monoisotopic (exact) mass is 254 g/mol. The first-order chi connectivity index (χ1) is 9.34. The Balaban J connectivity index is 1.75. The Morgan fingerprint density at radius 3 is 2.63 bits per heavy atom. The van der Waals surface area contributed by atoms with Gasteiger partial charge in [-0.05, 0) is 43.2 Å². The molecule has 1 aromatic heterocycles. The molecule has 0 radical (unpaired) electrons. The molecule has 2 saturated carbocycles. The zero-order chi connectivity index (χ0) is 12.8. The van der Waals surface area contributed by atoms with Crippen molar-refractivity contribution in [2.75, 3.05) is 0 Å². The second-order valence-electron chi connectivity index (χ2n) is 5.83. The van der Waals surface area contributed by atoms with E-state index >= 15 is 0 Å². The molecule has 2 N–H and O–H groups in total. The standard InChI is InChI=1S/C15H18N4/c16-14-11-7-6-10(8-11)13(14)15-18-17-9-19(15)12-4-2-1-3-5-12/h1-5,9-11,13-14H,6-8,16H2. The molecule has 0 aliphatic heterocycles. The van der Waals surface area contributed by atoms with Crippen molar-refractivity contribution in [3.63, 3.8) is 0 Å². The molecule has 4 rings (SSSR count). The van der Waals surface area contributed by atoms with Crippen LogP contribution in [0.2, 0.25) is 0 Å². The van der Waals surface area contributed by atoms with Crippen LogP contribution in [0.15, 0.2) is 36.7 Å². The van der Waals surface area contributed by atoms with Gasteiger partial charge in [-0.25, -0.2) is 0 Å². The van der Waals surface area contributed by atoms with Crippen molar-refractivity contribution in [1.29, 1.82) is 0 Å². The first kappa shape index (κ1) is 11.2. The van der Waals surface area contributed by atoms with Crippen molar-refractivity contribution in [1.82, 2.24) is 14.8 Å². The van der Waals surface area contributed by atoms with E-state index in [1.165, 1.54) is 19.3 Å². The van der Waals surface area contributed by atoms with Crippen LogP contribution >= 0.6 is 0 Å². The molecule has 0 spiro atoms. The van der Waals surface area contributed by atoms with E-state index < -0.39 is 0 Å². The number of aromatic nitrogens is 3. The molecule has 1 heterocycles. The first-order valence-electron chi connectivity index (χ1n) is 7.05. The van der Waals surface area contributed by atoms with E-state index in [0.29, 0.717) is 17.8 Å². The van der Waals surface area contributed by atoms with Crippen molar-refractivity contribution < 1.29 is 0 Å². The number of rotatable bonds is 2. The molecule has 4 atom stereocenters. The molecule has 2 aromatic rings. The van der Waals surface area contributed by atoms with E-state index in [2.05, 4.69) is 26.9 Å². The zero-order valence-corrected chi connectivity index (χ0v) is 10.8. The van der Waals surface area contributed by atoms with Crippen molar-refractivity contribution in [2.45, 2.75) is 31.2 Å². The van der Waals surface area contributed by atoms with Crippen LogP contribution < -0.4 is 5.73 Å². The molecule has 4 heteroatoms. The minimum Gasteiger partial charge on any atom is -0.327 e. The lowest BCUT2D eigenvalue weighted by Gasteiger charge is -2.27. The predicted molar refractivity (Wildman–Crippen MR) is 72.9 cm³/mol. The SMILES string of the molecule is NC1C2CCC(C2)C1c1nncn1-c1ccccc1. The van der Waals surface area contributed by atoms with E-state index in [0.717, 1.165) is 11.5 Å². The molecule has 2 aliphatic rings. The Kier molecular flexibility index (Phi) is 2.45. The third-order valence-electron chi connectivity index (χ3n) is 4.89. The van der Waals surface area contributed by atoms with Crippen LogP contribution in [0.5, 0.6) is 0 Å². The summed E-state index contributed by atoms with van der Waals surface area (Å²) in [5.41, 5.74) is 7.54. The van der Waals surface area contributed by atoms with Crippen molar-refractivity contribution in [2.24, 2.45) is 17.6 Å². The summed E-state index contributed by atoms with van der Waals surface area (Å²) in [5.74, 6) is 2.81. The molecule has 0 amide bonds. The van der Waals surface area contributed by atoms with Crippen molar-refractivity contribution >= 4 is 0 Å². The maximum atomic E-state index is 6.42. The second-order valence-corrected chi connectivity index (χ2v) is 5.83. The quantitative estimate of drug-likeness (QED) is 0.893. The Labute approximate surface area is 112 Å². The van der Waals surface area contributed by atoms with Gasteiger partial charge in [-0.3, -0.25) is 4.57 Å². The molecule has 2 aliphatic carbocycles. The normalized spacial score (nSPS) is 32.9. The van der Waals surface area contributed by atoms with Crippen LogP contribution in [0, 0.1) is 11.8 Å². The van der Waals surface area contributed by atoms with Gasteiger partial charge in [0.15, 0.2) is 0 Å². The fraction of sp³-hybridized carbons (Fsp3) is 0.467. The summed E-state index contributed by atoms with van der Waals surface area (Å²) < 4.78 is 2.10. The van der Waals surface area contributed by atoms with Crippen LogP contribution in [-0.2, 0) is 0 Å². The van der Waals surface area contributed by atoms with Crippen LogP contribution in [0.3, 0.4) is 0 Å². The Morgan fingerprint density at radius 1 is 1.11 bits per heavy atom. The number of para-hydroxylation sites is 1. The average molecular weight is 254 g/mol. The first-order valence-corrected chi connectivity index (χ1v) is 7.05. The van der Waals surface area contributed by atoms with Crippen molar-refractivity contribution in [3.05, 3.63) is 42.5 Å². The molecular formula is C15H18N4. The summed E-state index contributed by atoms with van der Waals surface area (Å²) in [6.45, 7) is 0. The minimum absolute atomic E-state index is 0.255. The van der Waals surface area contributed by atoms with Gasteiger partial charge in [0.1, 0.15) is 12.2 Å². The predicted octanol–water partition coefficient (Wildman–Crippen LogP) is 2.11. The third-order valence-corrected chi connectivity index (χ3v) is 4.89. The van der Waals surface area contributed by atoms with E-state index in [1.54, 1.807) is 0 Å². The fourth-order valence-electron chi connectivity index (χ4n) is 3.98. The van der Waals surface area contributed by atoms with Gasteiger partial charge in [-0.15, -0.1) is 10.2 Å². The molecular weight excluding hydrogens is 236 g/mol. The molecule has 2 fully saturated rings. The number of hydrogen-bond donors (Lipinski definition) is 1. The van der Waals surface area contributed by atoms with Gasteiger partial charge in [0.2, 0.25) is 0 Å². The summed E-state index contributed by atoms with van der Waals surface area (Å²) in [4.78, 5) is 0. The highest BCUT2D eigenvalue weighted by molar-refractivity contribution is 5.33. The highest BCUT2D eigenvalue weighted by atomic mass is 15.3. The van der Waals surface area contributed by atoms with E-state index in [-0.39, 0.29) is 6.04 Å². The molecule has 19 heavy (non-hydrogen) atoms. The average Bonchev–Trinajstić information content (AvgIpc) is 3.14. The summed E-state index contributed by atoms with van der Waals surface area (Å²) in [6.07, 6.45) is 5.67. The van der Waals surface area contributed by atoms with Crippen LogP contribution in [0.4, 0.5) is 0 Å². The molecule has 98 valence electrons. The second kappa shape index (κ2) is 4.17. The van der Waals surface area contributed by atoms with Crippen LogP contribution in [0.25, 0.3) is 5.69 Å². The number of benzene rings is 1. The van der Waals surface area contributed by atoms with E-state index in [4.69, 9.17) is 5.73 Å². The molecule has 4 unspecified atom stereocenters. The van der Waals surface area contributed by atoms with E-state index in [9.17, 15) is 0 Å². The maximum absolute atomic E-state index is 6.42. The summed E-state index contributed by atoms with van der Waals surface area (Å²) in [7, 11) is 0. The topological polar surface area (TPSA) is 56.7 Å². The molecule has 0 saturated heterocycles. The molecule has 4 nitrogen and oxygen atoms in total. The third kappa shape index (κ3) is 1.63. The molecule has 2 bridgehead atoms. The molecule has 1 aromatic carbocycles. The van der Waals surface area contributed by atoms with Gasteiger partial charge in [-0.2, -0.15) is 0 Å². The Morgan fingerprint density at radius 2 is 1.89 bits per heavy atom. The number of hydrogen-bond acceptors (Lipinski definition) is 3. The van der Waals surface area contributed by atoms with Gasteiger partial charge >= 0.3 is 0 Å². The van der Waals surface area contributed by atoms with Gasteiger partial charge in [-0.1, -0.05) is 18.2 Å². The largest absolute Gasteiger partial charge is 0.327 e. The summed E-state index contributed by atoms with van der Waals surface area (Å²) in [5, 5.41) is 8.50. The summed E-state index contributed by atoms with van der Waals surface area (Å²) in [6, 6.07) is 10.5. The van der Waals surface area contributed by atoms with Gasteiger partial charge in [0.25, 0.3) is 0 Å². The Bertz CT molecular complexity index is 575. The number of nitrogens with two attached hydrogens (primary N) is 1. The van der Waals surface area contributed by atoms with Gasteiger partial charge < -0.3 is 5.73 Å².